The lowest BCUT2D eigenvalue weighted by Crippen LogP contribution is -2.19. The van der Waals surface area contributed by atoms with Gasteiger partial charge in [-0.1, -0.05) is 17.7 Å². The van der Waals surface area contributed by atoms with Crippen LogP contribution in [0.25, 0.3) is 0 Å². The topological polar surface area (TPSA) is 64.4 Å². The molecule has 6 heteroatoms. The highest BCUT2D eigenvalue weighted by Gasteiger charge is 2.12. The van der Waals surface area contributed by atoms with Crippen LogP contribution in [-0.4, -0.2) is 24.7 Å². The number of hydrogen-bond acceptors (Lipinski definition) is 4. The summed E-state index contributed by atoms with van der Waals surface area (Å²) in [6.07, 6.45) is 0. The lowest BCUT2D eigenvalue weighted by molar-refractivity contribution is -0.384. The molecule has 17 heavy (non-hydrogen) atoms. The maximum Gasteiger partial charge on any atom is 0.288 e. The molecule has 1 aromatic rings. The Labute approximate surface area is 105 Å². The van der Waals surface area contributed by atoms with Gasteiger partial charge in [-0.2, -0.15) is 0 Å². The minimum Gasteiger partial charge on any atom is -0.380 e. The largest absolute Gasteiger partial charge is 0.380 e. The molecule has 0 amide bonds. The minimum absolute atomic E-state index is 0.0595. The molecule has 0 aromatic heterocycles. The predicted molar refractivity (Wildman–Crippen MR) is 66.3 cm³/mol. The van der Waals surface area contributed by atoms with E-state index in [1.807, 2.05) is 6.92 Å². The summed E-state index contributed by atoms with van der Waals surface area (Å²) in [5.74, 6) is 0. The fraction of sp³-hybridized carbons (Fsp3) is 0.455. The van der Waals surface area contributed by atoms with Crippen molar-refractivity contribution in [1.82, 2.24) is 5.32 Å². The van der Waals surface area contributed by atoms with Gasteiger partial charge in [-0.15, -0.1) is 0 Å². The molecule has 0 atom stereocenters. The second-order valence-corrected chi connectivity index (χ2v) is 3.82. The Morgan fingerprint density at radius 1 is 1.53 bits per heavy atom. The summed E-state index contributed by atoms with van der Waals surface area (Å²) in [7, 11) is 0. The molecule has 0 spiro atoms. The molecule has 0 fully saturated rings. The van der Waals surface area contributed by atoms with E-state index in [1.54, 1.807) is 12.1 Å². The summed E-state index contributed by atoms with van der Waals surface area (Å²) in [5, 5.41) is 14.0. The summed E-state index contributed by atoms with van der Waals surface area (Å²) in [6, 6.07) is 4.79. The van der Waals surface area contributed by atoms with Gasteiger partial charge in [-0.25, -0.2) is 0 Å². The molecular weight excluding hydrogens is 244 g/mol. The van der Waals surface area contributed by atoms with E-state index in [0.717, 1.165) is 5.56 Å². The van der Waals surface area contributed by atoms with Crippen LogP contribution in [0, 0.1) is 10.1 Å². The number of nitro benzene ring substituents is 1. The highest BCUT2D eigenvalue weighted by Crippen LogP contribution is 2.24. The Bertz CT molecular complexity index is 385. The van der Waals surface area contributed by atoms with Crippen molar-refractivity contribution in [2.45, 2.75) is 13.5 Å². The van der Waals surface area contributed by atoms with Crippen LogP contribution in [0.15, 0.2) is 18.2 Å². The molecule has 0 saturated carbocycles. The van der Waals surface area contributed by atoms with E-state index < -0.39 is 4.92 Å². The number of ether oxygens (including phenoxy) is 1. The number of nitrogens with zero attached hydrogens (tertiary/aromatic N) is 1. The van der Waals surface area contributed by atoms with Crippen molar-refractivity contribution < 1.29 is 9.66 Å². The van der Waals surface area contributed by atoms with Gasteiger partial charge in [0.1, 0.15) is 5.02 Å². The smallest absolute Gasteiger partial charge is 0.288 e. The van der Waals surface area contributed by atoms with Gasteiger partial charge in [-0.3, -0.25) is 10.1 Å². The molecule has 0 bridgehead atoms. The fourth-order valence-electron chi connectivity index (χ4n) is 1.33. The summed E-state index contributed by atoms with van der Waals surface area (Å²) in [4.78, 5) is 10.2. The van der Waals surface area contributed by atoms with Gasteiger partial charge in [0.05, 0.1) is 11.5 Å². The molecule has 0 aliphatic rings. The van der Waals surface area contributed by atoms with Crippen LogP contribution in [0.2, 0.25) is 5.02 Å². The predicted octanol–water partition coefficient (Wildman–Crippen LogP) is 2.37. The maximum atomic E-state index is 10.7. The van der Waals surface area contributed by atoms with Crippen molar-refractivity contribution in [2.24, 2.45) is 0 Å². The highest BCUT2D eigenvalue weighted by atomic mass is 35.5. The Balaban J connectivity index is 2.49. The number of nitrogens with one attached hydrogen (secondary N) is 1. The van der Waals surface area contributed by atoms with Gasteiger partial charge >= 0.3 is 0 Å². The lowest BCUT2D eigenvalue weighted by atomic mass is 10.2. The Hall–Kier alpha value is -1.17. The zero-order valence-corrected chi connectivity index (χ0v) is 10.4. The summed E-state index contributed by atoms with van der Waals surface area (Å²) in [5.41, 5.74) is 0.772. The van der Waals surface area contributed by atoms with Crippen molar-refractivity contribution in [2.75, 3.05) is 19.8 Å². The lowest BCUT2D eigenvalue weighted by Gasteiger charge is -2.05. The Morgan fingerprint density at radius 3 is 2.94 bits per heavy atom. The highest BCUT2D eigenvalue weighted by molar-refractivity contribution is 6.32. The summed E-state index contributed by atoms with van der Waals surface area (Å²) >= 11 is 5.71. The second kappa shape index (κ2) is 7.21. The Morgan fingerprint density at radius 2 is 2.29 bits per heavy atom. The summed E-state index contributed by atoms with van der Waals surface area (Å²) in [6.45, 7) is 4.53. The first-order valence-corrected chi connectivity index (χ1v) is 5.74. The van der Waals surface area contributed by atoms with E-state index in [-0.39, 0.29) is 10.7 Å². The first kappa shape index (κ1) is 13.9. The third-order valence-corrected chi connectivity index (χ3v) is 2.48. The van der Waals surface area contributed by atoms with Crippen molar-refractivity contribution >= 4 is 17.3 Å². The van der Waals surface area contributed by atoms with Crippen molar-refractivity contribution in [3.05, 3.63) is 38.9 Å². The molecule has 1 N–H and O–H groups in total. The van der Waals surface area contributed by atoms with Crippen LogP contribution in [-0.2, 0) is 11.3 Å². The molecule has 1 rings (SSSR count). The van der Waals surface area contributed by atoms with E-state index in [0.29, 0.717) is 26.3 Å². The molecule has 0 unspecified atom stereocenters. The van der Waals surface area contributed by atoms with Gasteiger partial charge in [0.25, 0.3) is 5.69 Å². The van der Waals surface area contributed by atoms with Crippen LogP contribution in [0.5, 0.6) is 0 Å². The van der Waals surface area contributed by atoms with E-state index in [2.05, 4.69) is 5.32 Å². The van der Waals surface area contributed by atoms with Crippen molar-refractivity contribution in [3.63, 3.8) is 0 Å². The second-order valence-electron chi connectivity index (χ2n) is 3.42. The number of halogens is 1. The molecular formula is C11H15ClN2O3. The monoisotopic (exact) mass is 258 g/mol. The standard InChI is InChI=1S/C11H15ClN2O3/c1-2-17-6-5-13-8-9-3-4-10(12)11(7-9)14(15)16/h3-4,7,13H,2,5-6,8H2,1H3. The molecule has 0 saturated heterocycles. The van der Waals surface area contributed by atoms with E-state index in [4.69, 9.17) is 16.3 Å². The molecule has 0 aliphatic heterocycles. The van der Waals surface area contributed by atoms with Gasteiger partial charge < -0.3 is 10.1 Å². The van der Waals surface area contributed by atoms with Gasteiger partial charge in [0, 0.05) is 25.8 Å². The molecule has 1 aromatic carbocycles. The normalized spacial score (nSPS) is 10.5. The first-order valence-electron chi connectivity index (χ1n) is 5.36. The van der Waals surface area contributed by atoms with Crippen LogP contribution in [0.3, 0.4) is 0 Å². The van der Waals surface area contributed by atoms with E-state index in [1.165, 1.54) is 6.07 Å². The zero-order chi connectivity index (χ0) is 12.7. The molecule has 94 valence electrons. The first-order chi connectivity index (χ1) is 8.15. The van der Waals surface area contributed by atoms with Gasteiger partial charge in [0.2, 0.25) is 0 Å². The number of benzene rings is 1. The number of nitro groups is 1. The third kappa shape index (κ3) is 4.68. The average molecular weight is 259 g/mol. The quantitative estimate of drug-likeness (QED) is 0.463. The van der Waals surface area contributed by atoms with Crippen molar-refractivity contribution in [3.8, 4) is 0 Å². The average Bonchev–Trinajstić information content (AvgIpc) is 2.30. The van der Waals surface area contributed by atoms with E-state index >= 15 is 0 Å². The van der Waals surface area contributed by atoms with Crippen LogP contribution < -0.4 is 5.32 Å². The molecule has 0 aliphatic carbocycles. The van der Waals surface area contributed by atoms with Crippen LogP contribution in [0.1, 0.15) is 12.5 Å². The van der Waals surface area contributed by atoms with E-state index in [9.17, 15) is 10.1 Å². The molecule has 5 nitrogen and oxygen atoms in total. The molecule has 0 radical (unpaired) electrons. The fourth-order valence-corrected chi connectivity index (χ4v) is 1.52. The minimum atomic E-state index is -0.480. The maximum absolute atomic E-state index is 10.7. The zero-order valence-electron chi connectivity index (χ0n) is 9.61. The SMILES string of the molecule is CCOCCNCc1ccc(Cl)c([N+](=O)[O-])c1. The van der Waals surface area contributed by atoms with Crippen LogP contribution in [0.4, 0.5) is 5.69 Å². The third-order valence-electron chi connectivity index (χ3n) is 2.16. The summed E-state index contributed by atoms with van der Waals surface area (Å²) < 4.78 is 5.16. The van der Waals surface area contributed by atoms with Crippen LogP contribution >= 0.6 is 11.6 Å². The molecule has 0 heterocycles. The number of rotatable bonds is 7. The van der Waals surface area contributed by atoms with Gasteiger partial charge in [-0.05, 0) is 18.6 Å². The van der Waals surface area contributed by atoms with Gasteiger partial charge in [0.15, 0.2) is 0 Å². The Kier molecular flexibility index (Phi) is 5.90. The van der Waals surface area contributed by atoms with Crippen molar-refractivity contribution in [1.29, 1.82) is 0 Å². The number of hydrogen-bond donors (Lipinski definition) is 1.